The molecule has 1 aromatic carbocycles. The van der Waals surface area contributed by atoms with Gasteiger partial charge in [-0.1, -0.05) is 58.0 Å². The van der Waals surface area contributed by atoms with E-state index in [1.807, 2.05) is 51.1 Å². The lowest BCUT2D eigenvalue weighted by molar-refractivity contribution is -0.518. The number of rotatable bonds is 7. The van der Waals surface area contributed by atoms with Crippen molar-refractivity contribution in [3.63, 3.8) is 0 Å². The lowest BCUT2D eigenvalue weighted by atomic mass is 9.84. The summed E-state index contributed by atoms with van der Waals surface area (Å²) in [7, 11) is 0. The Balaban J connectivity index is 2.52. The molecule has 4 heteroatoms. The van der Waals surface area contributed by atoms with Gasteiger partial charge in [-0.05, 0) is 42.7 Å². The Morgan fingerprint density at radius 2 is 1.68 bits per heavy atom. The molecule has 0 aromatic heterocycles. The third-order valence-corrected chi connectivity index (χ3v) is 3.23. The molecule has 1 rings (SSSR count). The first-order valence-electron chi connectivity index (χ1n) is 7.76. The minimum Gasteiger partial charge on any atom is -0.268 e. The van der Waals surface area contributed by atoms with Crippen LogP contribution in [-0.2, 0) is 19.6 Å². The highest BCUT2D eigenvalue weighted by Gasteiger charge is 2.29. The van der Waals surface area contributed by atoms with Crippen LogP contribution >= 0.6 is 0 Å². The van der Waals surface area contributed by atoms with Crippen molar-refractivity contribution >= 4 is 5.97 Å². The van der Waals surface area contributed by atoms with Crippen molar-refractivity contribution in [2.45, 2.75) is 65.9 Å². The smallest absolute Gasteiger partial charge is 0.268 e. The van der Waals surface area contributed by atoms with Crippen LogP contribution < -0.4 is 0 Å². The first kappa shape index (κ1) is 18.7. The molecule has 0 saturated heterocycles. The SMILES string of the molecule is CCC(C(=O)OOOC(C)(C)CC(C)(C)C)c1ccccc1. The van der Waals surface area contributed by atoms with Crippen LogP contribution in [0.25, 0.3) is 0 Å². The molecule has 0 heterocycles. The second-order valence-corrected chi connectivity index (χ2v) is 7.42. The predicted octanol–water partition coefficient (Wildman–Crippen LogP) is 4.80. The van der Waals surface area contributed by atoms with Crippen molar-refractivity contribution in [2.75, 3.05) is 0 Å². The Morgan fingerprint density at radius 3 is 2.18 bits per heavy atom. The average Bonchev–Trinajstić information content (AvgIpc) is 2.37. The highest BCUT2D eigenvalue weighted by molar-refractivity contribution is 5.77. The van der Waals surface area contributed by atoms with Gasteiger partial charge in [0, 0.05) is 0 Å². The molecular weight excluding hydrogens is 280 g/mol. The predicted molar refractivity (Wildman–Crippen MR) is 85.9 cm³/mol. The zero-order valence-corrected chi connectivity index (χ0v) is 14.5. The summed E-state index contributed by atoms with van der Waals surface area (Å²) in [5.74, 6) is -0.796. The molecule has 1 aromatic rings. The van der Waals surface area contributed by atoms with E-state index in [2.05, 4.69) is 20.8 Å². The first-order valence-corrected chi connectivity index (χ1v) is 7.76. The summed E-state index contributed by atoms with van der Waals surface area (Å²) in [4.78, 5) is 22.2. The molecule has 0 aliphatic carbocycles. The van der Waals surface area contributed by atoms with Gasteiger partial charge < -0.3 is 0 Å². The summed E-state index contributed by atoms with van der Waals surface area (Å²) in [6.07, 6.45) is 1.41. The van der Waals surface area contributed by atoms with Gasteiger partial charge in [-0.15, -0.1) is 0 Å². The Hall–Kier alpha value is -1.39. The van der Waals surface area contributed by atoms with Crippen LogP contribution in [0.4, 0.5) is 0 Å². The number of carbonyl (C=O) groups is 1. The molecule has 1 unspecified atom stereocenters. The Kier molecular flexibility index (Phi) is 6.57. The van der Waals surface area contributed by atoms with Crippen LogP contribution in [0.2, 0.25) is 0 Å². The van der Waals surface area contributed by atoms with E-state index in [9.17, 15) is 4.79 Å². The zero-order chi connectivity index (χ0) is 16.8. The lowest BCUT2D eigenvalue weighted by Gasteiger charge is -2.30. The molecule has 22 heavy (non-hydrogen) atoms. The number of benzene rings is 1. The van der Waals surface area contributed by atoms with Gasteiger partial charge in [-0.2, -0.15) is 4.89 Å². The third-order valence-electron chi connectivity index (χ3n) is 3.23. The van der Waals surface area contributed by atoms with Gasteiger partial charge in [0.1, 0.15) is 5.60 Å². The summed E-state index contributed by atoms with van der Waals surface area (Å²) >= 11 is 0. The van der Waals surface area contributed by atoms with Crippen molar-refractivity contribution in [1.29, 1.82) is 0 Å². The monoisotopic (exact) mass is 308 g/mol. The van der Waals surface area contributed by atoms with Crippen molar-refractivity contribution in [2.24, 2.45) is 5.41 Å². The van der Waals surface area contributed by atoms with Crippen molar-refractivity contribution in [3.8, 4) is 0 Å². The standard InChI is InChI=1S/C18H28O4/c1-7-15(14-11-9-8-10-12-14)16(19)20-22-21-18(5,6)13-17(2,3)4/h8-12,15H,7,13H2,1-6H3. The van der Waals surface area contributed by atoms with Gasteiger partial charge in [0.2, 0.25) is 0 Å². The normalized spacial score (nSPS) is 13.7. The van der Waals surface area contributed by atoms with E-state index in [4.69, 9.17) is 14.8 Å². The van der Waals surface area contributed by atoms with E-state index in [0.29, 0.717) is 6.42 Å². The molecule has 0 fully saturated rings. The Labute approximate surface area is 133 Å². The number of carbonyl (C=O) groups excluding carboxylic acids is 1. The second-order valence-electron chi connectivity index (χ2n) is 7.42. The molecule has 1 atom stereocenters. The maximum absolute atomic E-state index is 12.1. The fourth-order valence-electron chi connectivity index (χ4n) is 2.73. The molecule has 0 aliphatic rings. The molecular formula is C18H28O4. The maximum Gasteiger partial charge on any atom is 0.353 e. The second kappa shape index (κ2) is 7.75. The van der Waals surface area contributed by atoms with Gasteiger partial charge in [0.05, 0.1) is 5.92 Å². The fourth-order valence-corrected chi connectivity index (χ4v) is 2.73. The molecule has 0 bridgehead atoms. The van der Waals surface area contributed by atoms with Crippen LogP contribution in [0.15, 0.2) is 30.3 Å². The molecule has 0 saturated carbocycles. The number of hydrogen-bond acceptors (Lipinski definition) is 4. The quantitative estimate of drug-likeness (QED) is 0.536. The summed E-state index contributed by atoms with van der Waals surface area (Å²) in [5, 5.41) is 4.76. The zero-order valence-electron chi connectivity index (χ0n) is 14.5. The van der Waals surface area contributed by atoms with E-state index in [1.54, 1.807) is 0 Å². The lowest BCUT2D eigenvalue weighted by Crippen LogP contribution is -2.31. The average molecular weight is 308 g/mol. The number of hydrogen-bond donors (Lipinski definition) is 0. The Morgan fingerprint density at radius 1 is 1.09 bits per heavy atom. The van der Waals surface area contributed by atoms with Crippen molar-refractivity contribution in [3.05, 3.63) is 35.9 Å². The van der Waals surface area contributed by atoms with Crippen molar-refractivity contribution < 1.29 is 19.6 Å². The first-order chi connectivity index (χ1) is 10.1. The maximum atomic E-state index is 12.1. The highest BCUT2D eigenvalue weighted by Crippen LogP contribution is 2.30. The molecule has 124 valence electrons. The van der Waals surface area contributed by atoms with Crippen LogP contribution in [0.3, 0.4) is 0 Å². The van der Waals surface area contributed by atoms with Gasteiger partial charge in [-0.3, -0.25) is 4.89 Å². The summed E-state index contributed by atoms with van der Waals surface area (Å²) in [6, 6.07) is 9.51. The van der Waals surface area contributed by atoms with Gasteiger partial charge >= 0.3 is 5.97 Å². The van der Waals surface area contributed by atoms with Gasteiger partial charge in [-0.25, -0.2) is 4.79 Å². The third kappa shape index (κ3) is 6.58. The Bertz CT molecular complexity index is 460. The molecule has 0 amide bonds. The van der Waals surface area contributed by atoms with Gasteiger partial charge in [0.25, 0.3) is 0 Å². The van der Waals surface area contributed by atoms with Crippen molar-refractivity contribution in [1.82, 2.24) is 0 Å². The van der Waals surface area contributed by atoms with E-state index in [1.165, 1.54) is 0 Å². The largest absolute Gasteiger partial charge is 0.353 e. The van der Waals surface area contributed by atoms with Crippen LogP contribution in [0.5, 0.6) is 0 Å². The summed E-state index contributed by atoms with van der Waals surface area (Å²) in [5.41, 5.74) is 0.465. The molecule has 0 radical (unpaired) electrons. The summed E-state index contributed by atoms with van der Waals surface area (Å²) in [6.45, 7) is 12.1. The fraction of sp³-hybridized carbons (Fsp3) is 0.611. The van der Waals surface area contributed by atoms with E-state index in [-0.39, 0.29) is 11.3 Å². The van der Waals surface area contributed by atoms with Crippen LogP contribution in [0, 0.1) is 5.41 Å². The van der Waals surface area contributed by atoms with E-state index < -0.39 is 11.6 Å². The van der Waals surface area contributed by atoms with Crippen LogP contribution in [0.1, 0.15) is 65.9 Å². The summed E-state index contributed by atoms with van der Waals surface area (Å²) < 4.78 is 0. The van der Waals surface area contributed by atoms with E-state index in [0.717, 1.165) is 12.0 Å². The topological polar surface area (TPSA) is 44.8 Å². The molecule has 4 nitrogen and oxygen atoms in total. The van der Waals surface area contributed by atoms with Gasteiger partial charge in [0.15, 0.2) is 0 Å². The molecule has 0 N–H and O–H groups in total. The molecule has 0 aliphatic heterocycles. The van der Waals surface area contributed by atoms with E-state index >= 15 is 0 Å². The molecule has 0 spiro atoms. The minimum atomic E-state index is -0.535. The highest BCUT2D eigenvalue weighted by atomic mass is 17.5. The minimum absolute atomic E-state index is 0.0901. The van der Waals surface area contributed by atoms with Crippen LogP contribution in [-0.4, -0.2) is 11.6 Å².